The molecule has 0 aliphatic carbocycles. The number of ether oxygens (including phenoxy) is 2. The van der Waals surface area contributed by atoms with Gasteiger partial charge in [-0.3, -0.25) is 9.48 Å². The first-order chi connectivity index (χ1) is 14.5. The van der Waals surface area contributed by atoms with Crippen LogP contribution in [0.5, 0.6) is 11.8 Å². The monoisotopic (exact) mass is 448 g/mol. The van der Waals surface area contributed by atoms with E-state index in [1.807, 2.05) is 0 Å². The molecule has 31 heavy (non-hydrogen) atoms. The van der Waals surface area contributed by atoms with Crippen LogP contribution in [0.3, 0.4) is 0 Å². The van der Waals surface area contributed by atoms with Crippen molar-refractivity contribution in [2.45, 2.75) is 12.6 Å². The lowest BCUT2D eigenvalue weighted by Crippen LogP contribution is -2.24. The normalized spacial score (nSPS) is 11.7. The zero-order valence-electron chi connectivity index (χ0n) is 15.7. The van der Waals surface area contributed by atoms with Gasteiger partial charge in [-0.15, -0.1) is 0 Å². The van der Waals surface area contributed by atoms with Crippen molar-refractivity contribution >= 4 is 0 Å². The molecule has 2 aromatic heterocycles. The lowest BCUT2D eigenvalue weighted by atomic mass is 10.2. The van der Waals surface area contributed by atoms with Gasteiger partial charge in [0.15, 0.2) is 24.8 Å². The van der Waals surface area contributed by atoms with Gasteiger partial charge in [0.2, 0.25) is 0 Å². The predicted molar refractivity (Wildman–Crippen MR) is 95.0 cm³/mol. The predicted octanol–water partition coefficient (Wildman–Crippen LogP) is 3.36. The molecule has 0 saturated carbocycles. The lowest BCUT2D eigenvalue weighted by Gasteiger charge is -2.15. The van der Waals surface area contributed by atoms with Crippen molar-refractivity contribution in [1.82, 2.24) is 19.3 Å². The molecule has 166 valence electrons. The van der Waals surface area contributed by atoms with Crippen LogP contribution in [0.1, 0.15) is 0 Å². The van der Waals surface area contributed by atoms with Crippen molar-refractivity contribution in [3.8, 4) is 28.8 Å². The smallest absolute Gasteiger partial charge is 0.422 e. The summed E-state index contributed by atoms with van der Waals surface area (Å²) in [5.41, 5.74) is -0.571. The summed E-state index contributed by atoms with van der Waals surface area (Å²) in [5, 5.41) is 3.93. The van der Waals surface area contributed by atoms with E-state index in [4.69, 9.17) is 4.74 Å². The van der Waals surface area contributed by atoms with Crippen LogP contribution in [0.2, 0.25) is 0 Å². The van der Waals surface area contributed by atoms with E-state index in [1.165, 1.54) is 16.9 Å². The van der Waals surface area contributed by atoms with Gasteiger partial charge in [-0.05, 0) is 18.2 Å². The Bertz CT molecular complexity index is 1130. The number of halogens is 6. The maximum atomic E-state index is 14.2. The molecule has 0 amide bonds. The fourth-order valence-electron chi connectivity index (χ4n) is 2.59. The number of hydrogen-bond acceptors (Lipinski definition) is 5. The van der Waals surface area contributed by atoms with Crippen LogP contribution in [0.15, 0.2) is 41.3 Å². The Labute approximate surface area is 170 Å². The van der Waals surface area contributed by atoms with Crippen LogP contribution in [-0.4, -0.2) is 45.1 Å². The highest BCUT2D eigenvalue weighted by molar-refractivity contribution is 5.55. The summed E-state index contributed by atoms with van der Waals surface area (Å²) in [4.78, 5) is 16.7. The van der Waals surface area contributed by atoms with E-state index in [9.17, 15) is 31.1 Å². The molecule has 13 heteroatoms. The molecule has 0 bridgehead atoms. The highest BCUT2D eigenvalue weighted by atomic mass is 19.4. The minimum Gasteiger partial charge on any atom is -0.481 e. The van der Waals surface area contributed by atoms with E-state index in [-0.39, 0.29) is 11.4 Å². The van der Waals surface area contributed by atoms with Crippen molar-refractivity contribution in [3.05, 3.63) is 52.7 Å². The molecule has 3 aromatic rings. The van der Waals surface area contributed by atoms with Crippen molar-refractivity contribution in [1.29, 1.82) is 0 Å². The number of benzene rings is 1. The third kappa shape index (κ3) is 5.35. The van der Waals surface area contributed by atoms with Gasteiger partial charge >= 0.3 is 12.2 Å². The van der Waals surface area contributed by atoms with Crippen molar-refractivity contribution in [2.24, 2.45) is 7.05 Å². The first kappa shape index (κ1) is 22.2. The molecule has 2 heterocycles. The van der Waals surface area contributed by atoms with Crippen LogP contribution < -0.4 is 15.0 Å². The Hall–Kier alpha value is -3.51. The third-order valence-corrected chi connectivity index (χ3v) is 3.87. The summed E-state index contributed by atoms with van der Waals surface area (Å²) in [6.45, 7) is -2.82. The molecule has 0 N–H and O–H groups in total. The fraction of sp³-hybridized carbons (Fsp3) is 0.278. The van der Waals surface area contributed by atoms with Crippen molar-refractivity contribution < 1.29 is 35.8 Å². The SMILES string of the molecule is Cn1nccc1-c1cc(=O)n(-c2ccc(OCC(F)(F)F)c(F)c2)c(OCC(F)F)n1. The summed E-state index contributed by atoms with van der Waals surface area (Å²) in [6, 6.07) is 4.65. The Morgan fingerprint density at radius 2 is 1.87 bits per heavy atom. The zero-order chi connectivity index (χ0) is 22.8. The van der Waals surface area contributed by atoms with Crippen molar-refractivity contribution in [3.63, 3.8) is 0 Å². The highest BCUT2D eigenvalue weighted by Crippen LogP contribution is 2.26. The number of aryl methyl sites for hydroxylation is 1. The van der Waals surface area contributed by atoms with Crippen LogP contribution in [-0.2, 0) is 7.05 Å². The molecule has 0 fully saturated rings. The largest absolute Gasteiger partial charge is 0.481 e. The fourth-order valence-corrected chi connectivity index (χ4v) is 2.59. The van der Waals surface area contributed by atoms with Gasteiger partial charge in [-0.1, -0.05) is 0 Å². The average Bonchev–Trinajstić information content (AvgIpc) is 3.10. The summed E-state index contributed by atoms with van der Waals surface area (Å²) in [7, 11) is 1.57. The molecule has 0 saturated heterocycles. The Morgan fingerprint density at radius 1 is 1.13 bits per heavy atom. The second kappa shape index (κ2) is 8.70. The molecule has 1 aromatic carbocycles. The summed E-state index contributed by atoms with van der Waals surface area (Å²) < 4.78 is 87.8. The minimum atomic E-state index is -4.68. The summed E-state index contributed by atoms with van der Waals surface area (Å²) in [5.74, 6) is -1.91. The second-order valence-corrected chi connectivity index (χ2v) is 6.16. The first-order valence-corrected chi connectivity index (χ1v) is 8.58. The quantitative estimate of drug-likeness (QED) is 0.519. The third-order valence-electron chi connectivity index (χ3n) is 3.87. The van der Waals surface area contributed by atoms with Gasteiger partial charge in [0.25, 0.3) is 12.0 Å². The molecule has 3 rings (SSSR count). The van der Waals surface area contributed by atoms with Gasteiger partial charge in [0.05, 0.1) is 17.1 Å². The minimum absolute atomic E-state index is 0.0659. The van der Waals surface area contributed by atoms with Gasteiger partial charge < -0.3 is 9.47 Å². The average molecular weight is 448 g/mol. The molecule has 0 unspecified atom stereocenters. The van der Waals surface area contributed by atoms with Crippen LogP contribution >= 0.6 is 0 Å². The molecule has 0 atom stereocenters. The molecule has 0 spiro atoms. The van der Waals surface area contributed by atoms with Gasteiger partial charge in [-0.25, -0.2) is 17.7 Å². The molecule has 0 aliphatic heterocycles. The molecular weight excluding hydrogens is 434 g/mol. The first-order valence-electron chi connectivity index (χ1n) is 8.58. The van der Waals surface area contributed by atoms with Gasteiger partial charge in [0, 0.05) is 25.4 Å². The number of hydrogen-bond donors (Lipinski definition) is 0. The Balaban J connectivity index is 2.04. The maximum absolute atomic E-state index is 14.2. The highest BCUT2D eigenvalue weighted by Gasteiger charge is 2.29. The van der Waals surface area contributed by atoms with Crippen LogP contribution in [0, 0.1) is 5.82 Å². The molecule has 0 radical (unpaired) electrons. The zero-order valence-corrected chi connectivity index (χ0v) is 15.7. The van der Waals surface area contributed by atoms with E-state index in [1.54, 1.807) is 7.05 Å². The summed E-state index contributed by atoms with van der Waals surface area (Å²) in [6.07, 6.45) is -6.14. The Morgan fingerprint density at radius 3 is 2.45 bits per heavy atom. The lowest BCUT2D eigenvalue weighted by molar-refractivity contribution is -0.153. The number of alkyl halides is 5. The molecular formula is C18H14F6N4O3. The van der Waals surface area contributed by atoms with Gasteiger partial charge in [0.1, 0.15) is 0 Å². The van der Waals surface area contributed by atoms with E-state index in [0.717, 1.165) is 18.2 Å². The van der Waals surface area contributed by atoms with Crippen LogP contribution in [0.25, 0.3) is 17.1 Å². The van der Waals surface area contributed by atoms with E-state index >= 15 is 0 Å². The van der Waals surface area contributed by atoms with E-state index in [0.29, 0.717) is 16.3 Å². The topological polar surface area (TPSA) is 71.2 Å². The summed E-state index contributed by atoms with van der Waals surface area (Å²) >= 11 is 0. The second-order valence-electron chi connectivity index (χ2n) is 6.16. The standard InChI is InChI=1S/C18H14F6N4O3/c1-27-13(4-5-25-27)12-7-16(29)28(17(26-12)30-8-15(20)21)10-2-3-14(11(19)6-10)31-9-18(22,23)24/h2-7,15H,8-9H2,1H3. The Kier molecular flexibility index (Phi) is 6.22. The van der Waals surface area contributed by atoms with Gasteiger partial charge in [-0.2, -0.15) is 23.3 Å². The van der Waals surface area contributed by atoms with Crippen molar-refractivity contribution in [2.75, 3.05) is 13.2 Å². The number of aromatic nitrogens is 4. The van der Waals surface area contributed by atoms with E-state index in [2.05, 4.69) is 14.8 Å². The number of nitrogens with zero attached hydrogens (tertiary/aromatic N) is 4. The maximum Gasteiger partial charge on any atom is 0.422 e. The molecule has 0 aliphatic rings. The molecule has 7 nitrogen and oxygen atoms in total. The van der Waals surface area contributed by atoms with E-state index < -0.39 is 49.0 Å². The number of rotatable bonds is 7. The van der Waals surface area contributed by atoms with Crippen LogP contribution in [0.4, 0.5) is 26.3 Å².